The summed E-state index contributed by atoms with van der Waals surface area (Å²) in [5.74, 6) is -1.48. The third-order valence-corrected chi connectivity index (χ3v) is 6.11. The second kappa shape index (κ2) is 10.6. The lowest BCUT2D eigenvalue weighted by Crippen LogP contribution is -2.42. The highest BCUT2D eigenvalue weighted by Gasteiger charge is 2.60. The number of hydroxylamine groups is 2. The Morgan fingerprint density at radius 3 is 2.43 bits per heavy atom. The van der Waals surface area contributed by atoms with Crippen LogP contribution in [0.4, 0.5) is 17.6 Å². The minimum atomic E-state index is -4.97. The zero-order valence-electron chi connectivity index (χ0n) is 19.1. The molecule has 3 aromatic carbocycles. The predicted octanol–water partition coefficient (Wildman–Crippen LogP) is 6.36. The fourth-order valence-electron chi connectivity index (χ4n) is 3.84. The average molecular weight is 556 g/mol. The van der Waals surface area contributed by atoms with Crippen molar-refractivity contribution in [1.29, 1.82) is 0 Å². The van der Waals surface area contributed by atoms with Crippen LogP contribution in [0, 0.1) is 5.82 Å². The Labute approximate surface area is 218 Å². The predicted molar refractivity (Wildman–Crippen MR) is 132 cm³/mol. The van der Waals surface area contributed by atoms with Gasteiger partial charge >= 0.3 is 6.18 Å². The third-order valence-electron chi connectivity index (χ3n) is 5.56. The Bertz CT molecular complexity index is 1390. The first kappa shape index (κ1) is 26.7. The highest BCUT2D eigenvalue weighted by Crippen LogP contribution is 2.49. The molecule has 1 unspecified atom stereocenters. The van der Waals surface area contributed by atoms with E-state index in [0.717, 1.165) is 18.2 Å². The zero-order valence-corrected chi connectivity index (χ0v) is 20.6. The van der Waals surface area contributed by atoms with Gasteiger partial charge in [0.2, 0.25) is 5.60 Å². The van der Waals surface area contributed by atoms with E-state index in [9.17, 15) is 22.4 Å². The van der Waals surface area contributed by atoms with Crippen LogP contribution in [0.25, 0.3) is 16.5 Å². The first-order valence-electron chi connectivity index (χ1n) is 10.8. The molecule has 0 spiro atoms. The smallest absolute Gasteiger partial charge is 0.327 e. The summed E-state index contributed by atoms with van der Waals surface area (Å²) < 4.78 is 57.0. The van der Waals surface area contributed by atoms with Crippen molar-refractivity contribution in [3.63, 3.8) is 0 Å². The van der Waals surface area contributed by atoms with Crippen molar-refractivity contribution in [2.24, 2.45) is 0 Å². The van der Waals surface area contributed by atoms with E-state index in [0.29, 0.717) is 28.5 Å². The zero-order chi connectivity index (χ0) is 26.8. The molecule has 0 saturated carbocycles. The summed E-state index contributed by atoms with van der Waals surface area (Å²) in [5, 5.41) is 2.40. The van der Waals surface area contributed by atoms with Crippen molar-refractivity contribution >= 4 is 45.6 Å². The molecule has 194 valence electrons. The number of halogens is 6. The maximum absolute atomic E-state index is 14.4. The Hall–Kier alpha value is -3.31. The van der Waals surface area contributed by atoms with E-state index in [1.165, 1.54) is 24.5 Å². The summed E-state index contributed by atoms with van der Waals surface area (Å²) in [6, 6.07) is 11.3. The van der Waals surface area contributed by atoms with Gasteiger partial charge in [-0.2, -0.15) is 13.2 Å². The molecule has 12 heteroatoms. The van der Waals surface area contributed by atoms with Crippen molar-refractivity contribution in [3.05, 3.63) is 99.6 Å². The van der Waals surface area contributed by atoms with Crippen molar-refractivity contribution in [2.45, 2.75) is 18.7 Å². The number of nitrogens with one attached hydrogen (secondary N) is 3. The maximum Gasteiger partial charge on any atom is 0.428 e. The molecule has 3 N–H and O–H groups in total. The van der Waals surface area contributed by atoms with Crippen LogP contribution >= 0.6 is 23.2 Å². The van der Waals surface area contributed by atoms with E-state index >= 15 is 0 Å². The monoisotopic (exact) mass is 555 g/mol. The summed E-state index contributed by atoms with van der Waals surface area (Å²) >= 11 is 11.5. The molecule has 6 nitrogen and oxygen atoms in total. The minimum absolute atomic E-state index is 0.0159. The third kappa shape index (κ3) is 5.10. The highest BCUT2D eigenvalue weighted by molar-refractivity contribution is 6.35. The van der Waals surface area contributed by atoms with Crippen LogP contribution in [0.5, 0.6) is 0 Å². The van der Waals surface area contributed by atoms with E-state index in [-0.39, 0.29) is 5.70 Å². The van der Waals surface area contributed by atoms with Crippen molar-refractivity contribution < 1.29 is 32.0 Å². The van der Waals surface area contributed by atoms with Crippen LogP contribution in [0.15, 0.2) is 67.0 Å². The fraction of sp³-hybridized carbons (Fsp3) is 0.160. The number of amides is 1. The van der Waals surface area contributed by atoms with Gasteiger partial charge < -0.3 is 5.32 Å². The Balaban J connectivity index is 1.77. The molecule has 0 saturated heterocycles. The Morgan fingerprint density at radius 2 is 1.78 bits per heavy atom. The molecular weight excluding hydrogens is 537 g/mol. The van der Waals surface area contributed by atoms with E-state index in [4.69, 9.17) is 32.9 Å². The van der Waals surface area contributed by atoms with Crippen molar-refractivity contribution in [3.8, 4) is 0 Å². The molecule has 0 fully saturated rings. The van der Waals surface area contributed by atoms with E-state index in [2.05, 4.69) is 16.3 Å². The molecule has 0 aliphatic carbocycles. The maximum atomic E-state index is 14.4. The molecule has 3 aromatic rings. The SMILES string of the molecule is CCONC=CNC(=O)c1ccc(C2=CC(c3cc(Cl)c(F)c(Cl)c3)(C(F)(F)F)ON2)c2ccccc12. The van der Waals surface area contributed by atoms with Gasteiger partial charge in [-0.15, -0.1) is 0 Å². The molecule has 0 aromatic heterocycles. The summed E-state index contributed by atoms with van der Waals surface area (Å²) in [7, 11) is 0. The molecule has 1 aliphatic rings. The van der Waals surface area contributed by atoms with Gasteiger partial charge in [0, 0.05) is 29.1 Å². The largest absolute Gasteiger partial charge is 0.428 e. The van der Waals surface area contributed by atoms with Gasteiger partial charge in [0.15, 0.2) is 5.82 Å². The van der Waals surface area contributed by atoms with E-state index in [1.54, 1.807) is 31.2 Å². The van der Waals surface area contributed by atoms with Crippen LogP contribution in [-0.2, 0) is 15.3 Å². The fourth-order valence-corrected chi connectivity index (χ4v) is 4.33. The van der Waals surface area contributed by atoms with Crippen molar-refractivity contribution in [2.75, 3.05) is 6.61 Å². The lowest BCUT2D eigenvalue weighted by Gasteiger charge is -2.28. The Morgan fingerprint density at radius 1 is 1.11 bits per heavy atom. The number of hydrogen-bond acceptors (Lipinski definition) is 5. The molecule has 1 amide bonds. The first-order valence-corrected chi connectivity index (χ1v) is 11.6. The summed E-state index contributed by atoms with van der Waals surface area (Å²) in [5.41, 5.74) is 1.96. The van der Waals surface area contributed by atoms with E-state index < -0.39 is 39.1 Å². The van der Waals surface area contributed by atoms with Crippen LogP contribution in [0.3, 0.4) is 0 Å². The van der Waals surface area contributed by atoms with Crippen LogP contribution < -0.4 is 16.3 Å². The van der Waals surface area contributed by atoms with Crippen LogP contribution in [0.1, 0.15) is 28.4 Å². The normalized spacial score (nSPS) is 17.6. The molecule has 0 bridgehead atoms. The molecule has 1 heterocycles. The number of fused-ring (bicyclic) bond motifs is 1. The second-order valence-electron chi connectivity index (χ2n) is 7.81. The Kier molecular flexibility index (Phi) is 7.65. The highest BCUT2D eigenvalue weighted by atomic mass is 35.5. The van der Waals surface area contributed by atoms with Crippen molar-refractivity contribution in [1.82, 2.24) is 16.3 Å². The topological polar surface area (TPSA) is 71.6 Å². The average Bonchev–Trinajstić information content (AvgIpc) is 3.33. The van der Waals surface area contributed by atoms with Gasteiger partial charge in [0.25, 0.3) is 5.91 Å². The molecule has 1 aliphatic heterocycles. The minimum Gasteiger partial charge on any atom is -0.327 e. The number of alkyl halides is 3. The van der Waals surface area contributed by atoms with Gasteiger partial charge in [0.1, 0.15) is 0 Å². The molecule has 4 rings (SSSR count). The molecule has 0 radical (unpaired) electrons. The standard InChI is InChI=1S/C25H19Cl2F4N3O3/c1-2-36-33-10-9-32-23(35)18-8-7-17(15-5-3-4-6-16(15)18)21-13-24(37-34-21,25(29,30)31)14-11-19(26)22(28)20(27)12-14/h3-13,33-34H,2H2,1H3,(H,32,35). The second-order valence-corrected chi connectivity index (χ2v) is 8.63. The summed E-state index contributed by atoms with van der Waals surface area (Å²) in [4.78, 5) is 22.8. The van der Waals surface area contributed by atoms with Gasteiger partial charge in [-0.05, 0) is 42.0 Å². The molecular formula is C25H19Cl2F4N3O3. The summed E-state index contributed by atoms with van der Waals surface area (Å²) in [6.07, 6.45) is -1.39. The number of benzene rings is 3. The van der Waals surface area contributed by atoms with Gasteiger partial charge in [-0.1, -0.05) is 53.5 Å². The van der Waals surface area contributed by atoms with E-state index in [1.807, 2.05) is 0 Å². The summed E-state index contributed by atoms with van der Waals surface area (Å²) in [6.45, 7) is 2.21. The van der Waals surface area contributed by atoms with Gasteiger partial charge in [0.05, 0.1) is 22.3 Å². The number of hydrogen-bond donors (Lipinski definition) is 3. The van der Waals surface area contributed by atoms with Gasteiger partial charge in [-0.3, -0.25) is 25.4 Å². The number of rotatable bonds is 7. The molecule has 37 heavy (non-hydrogen) atoms. The van der Waals surface area contributed by atoms with Crippen LogP contribution in [-0.4, -0.2) is 18.7 Å². The molecule has 1 atom stereocenters. The first-order chi connectivity index (χ1) is 17.6. The van der Waals surface area contributed by atoms with Crippen LogP contribution in [0.2, 0.25) is 10.0 Å². The number of carbonyl (C=O) groups excluding carboxylic acids is 1. The number of carbonyl (C=O) groups is 1. The lowest BCUT2D eigenvalue weighted by atomic mass is 9.90. The lowest BCUT2D eigenvalue weighted by molar-refractivity contribution is -0.269. The quantitative estimate of drug-likeness (QED) is 0.137. The van der Waals surface area contributed by atoms with Gasteiger partial charge in [-0.25, -0.2) is 4.39 Å².